The Hall–Kier alpha value is -8.40. The van der Waals surface area contributed by atoms with E-state index in [0.29, 0.717) is 0 Å². The second-order valence-corrected chi connectivity index (χ2v) is 16.4. The third kappa shape index (κ3) is 5.46. The zero-order valence-corrected chi connectivity index (χ0v) is 34.2. The Kier molecular flexibility index (Phi) is 7.91. The van der Waals surface area contributed by atoms with Crippen LogP contribution in [-0.4, -0.2) is 4.57 Å². The first-order chi connectivity index (χ1) is 31.3. The van der Waals surface area contributed by atoms with Crippen LogP contribution in [0.15, 0.2) is 235 Å². The van der Waals surface area contributed by atoms with Crippen molar-refractivity contribution in [2.45, 2.75) is 0 Å². The maximum absolute atomic E-state index is 6.67. The van der Waals surface area contributed by atoms with Crippen molar-refractivity contribution in [3.63, 3.8) is 0 Å². The monoisotopic (exact) mass is 802 g/mol. The first-order valence-corrected chi connectivity index (χ1v) is 21.6. The zero-order valence-electron chi connectivity index (χ0n) is 34.2. The van der Waals surface area contributed by atoms with Crippen LogP contribution in [0, 0.1) is 0 Å². The molecule has 63 heavy (non-hydrogen) atoms. The lowest BCUT2D eigenvalue weighted by Crippen LogP contribution is -2.11. The second-order valence-electron chi connectivity index (χ2n) is 16.4. The van der Waals surface area contributed by atoms with Gasteiger partial charge in [-0.3, -0.25) is 0 Å². The first-order valence-electron chi connectivity index (χ1n) is 21.6. The number of rotatable bonds is 6. The van der Waals surface area contributed by atoms with Crippen LogP contribution in [0.2, 0.25) is 0 Å². The molecule has 0 fully saturated rings. The van der Waals surface area contributed by atoms with E-state index in [2.05, 4.69) is 234 Å². The summed E-state index contributed by atoms with van der Waals surface area (Å²) in [5, 5.41) is 12.2. The largest absolute Gasteiger partial charge is 0.455 e. The molecule has 0 radical (unpaired) electrons. The summed E-state index contributed by atoms with van der Waals surface area (Å²) in [6.45, 7) is 0. The van der Waals surface area contributed by atoms with Gasteiger partial charge < -0.3 is 13.9 Å². The molecular formula is C60H38N2O. The summed E-state index contributed by atoms with van der Waals surface area (Å²) >= 11 is 0. The van der Waals surface area contributed by atoms with Crippen molar-refractivity contribution in [3.8, 4) is 27.9 Å². The number of aromatic nitrogens is 1. The van der Waals surface area contributed by atoms with Gasteiger partial charge in [0.25, 0.3) is 0 Å². The third-order valence-corrected chi connectivity index (χ3v) is 13.0. The molecule has 2 aromatic heterocycles. The Labute approximate surface area is 363 Å². The van der Waals surface area contributed by atoms with E-state index in [-0.39, 0.29) is 0 Å². The van der Waals surface area contributed by atoms with Crippen LogP contribution in [0.25, 0.3) is 104 Å². The molecule has 13 rings (SSSR count). The van der Waals surface area contributed by atoms with Crippen molar-refractivity contribution in [3.05, 3.63) is 231 Å². The summed E-state index contributed by atoms with van der Waals surface area (Å²) in [6.07, 6.45) is 0. The van der Waals surface area contributed by atoms with Gasteiger partial charge in [-0.25, -0.2) is 0 Å². The highest BCUT2D eigenvalue weighted by atomic mass is 16.3. The number of furan rings is 1. The van der Waals surface area contributed by atoms with Crippen molar-refractivity contribution in [1.29, 1.82) is 0 Å². The highest BCUT2D eigenvalue weighted by Gasteiger charge is 2.22. The van der Waals surface area contributed by atoms with E-state index < -0.39 is 0 Å². The molecule has 0 aliphatic rings. The van der Waals surface area contributed by atoms with Crippen molar-refractivity contribution < 1.29 is 4.42 Å². The van der Waals surface area contributed by atoms with Crippen molar-refractivity contribution in [2.24, 2.45) is 0 Å². The van der Waals surface area contributed by atoms with Crippen molar-refractivity contribution in [1.82, 2.24) is 4.57 Å². The summed E-state index contributed by atoms with van der Waals surface area (Å²) in [6, 6.07) is 83.5. The molecule has 11 aromatic carbocycles. The summed E-state index contributed by atoms with van der Waals surface area (Å²) in [5.41, 5.74) is 13.0. The number of nitrogens with zero attached hydrogens (tertiary/aromatic N) is 2. The molecule has 0 aliphatic carbocycles. The molecule has 0 saturated heterocycles. The van der Waals surface area contributed by atoms with E-state index in [0.717, 1.165) is 61.4 Å². The van der Waals surface area contributed by atoms with Gasteiger partial charge >= 0.3 is 0 Å². The molecule has 0 unspecified atom stereocenters. The molecule has 3 heteroatoms. The van der Waals surface area contributed by atoms with Crippen LogP contribution in [0.1, 0.15) is 0 Å². The molecule has 0 amide bonds. The molecule has 0 N–H and O–H groups in total. The number of hydrogen-bond acceptors (Lipinski definition) is 2. The Morgan fingerprint density at radius 2 is 0.810 bits per heavy atom. The van der Waals surface area contributed by atoms with Gasteiger partial charge in [0.15, 0.2) is 0 Å². The minimum atomic E-state index is 0.888. The van der Waals surface area contributed by atoms with E-state index in [4.69, 9.17) is 4.42 Å². The topological polar surface area (TPSA) is 21.3 Å². The number of fused-ring (bicyclic) bond motifs is 12. The van der Waals surface area contributed by atoms with Gasteiger partial charge in [0.1, 0.15) is 11.2 Å². The number of hydrogen-bond donors (Lipinski definition) is 0. The molecule has 0 atom stereocenters. The van der Waals surface area contributed by atoms with Crippen LogP contribution < -0.4 is 4.90 Å². The Balaban J connectivity index is 1.03. The number of benzene rings is 11. The summed E-state index contributed by atoms with van der Waals surface area (Å²) in [4.78, 5) is 2.42. The minimum absolute atomic E-state index is 0.888. The van der Waals surface area contributed by atoms with Gasteiger partial charge in [0.2, 0.25) is 0 Å². The molecule has 294 valence electrons. The molecule has 13 aromatic rings. The SMILES string of the molecule is c1ccc(N(c2ccc(-c3ccccc3-n3c4ccccc4c4ccccc43)cc2)c2ccc3c4ccccc4c4ccccc4c3c2)c(-c2cccc3c2oc2ccccc23)c1. The average Bonchev–Trinajstić information content (AvgIpc) is 3.91. The predicted molar refractivity (Wildman–Crippen MR) is 266 cm³/mol. The molecule has 0 aliphatic heterocycles. The Morgan fingerprint density at radius 1 is 0.317 bits per heavy atom. The maximum atomic E-state index is 6.67. The van der Waals surface area contributed by atoms with Gasteiger partial charge in [-0.1, -0.05) is 176 Å². The van der Waals surface area contributed by atoms with Crippen molar-refractivity contribution in [2.75, 3.05) is 4.90 Å². The fourth-order valence-electron chi connectivity index (χ4n) is 10.2. The minimum Gasteiger partial charge on any atom is -0.455 e. The first kappa shape index (κ1) is 35.4. The van der Waals surface area contributed by atoms with Crippen molar-refractivity contribution >= 4 is 93.1 Å². The normalized spacial score (nSPS) is 11.8. The lowest BCUT2D eigenvalue weighted by molar-refractivity contribution is 0.670. The smallest absolute Gasteiger partial charge is 0.143 e. The summed E-state index contributed by atoms with van der Waals surface area (Å²) < 4.78 is 9.09. The van der Waals surface area contributed by atoms with E-state index in [1.54, 1.807) is 0 Å². The lowest BCUT2D eigenvalue weighted by atomic mass is 9.93. The standard InChI is InChI=1S/C60H38N2O/c1-2-19-45-43(17-1)44-18-3-4-20-46(44)54-38-41(36-37-47(45)54)61(56-28-11-8-23-50(56)52-25-15-26-53-51-24-9-14-31-59(51)63-60(52)53)40-34-32-39(33-35-40)42-16-5-10-27-55(42)62-57-29-12-6-21-48(57)49-22-7-13-30-58(49)62/h1-38H. The molecule has 0 bridgehead atoms. The van der Waals surface area contributed by atoms with Crippen LogP contribution in [-0.2, 0) is 0 Å². The van der Waals surface area contributed by atoms with E-state index in [1.807, 2.05) is 6.07 Å². The fourth-order valence-corrected chi connectivity index (χ4v) is 10.2. The molecule has 3 nitrogen and oxygen atoms in total. The van der Waals surface area contributed by atoms with Gasteiger partial charge in [0, 0.05) is 49.6 Å². The van der Waals surface area contributed by atoms with Crippen LogP contribution in [0.3, 0.4) is 0 Å². The summed E-state index contributed by atoms with van der Waals surface area (Å²) in [7, 11) is 0. The van der Waals surface area contributed by atoms with E-state index in [1.165, 1.54) is 59.7 Å². The molecular weight excluding hydrogens is 765 g/mol. The quantitative estimate of drug-likeness (QED) is 0.156. The van der Waals surface area contributed by atoms with Crippen LogP contribution >= 0.6 is 0 Å². The average molecular weight is 803 g/mol. The molecule has 0 saturated carbocycles. The predicted octanol–water partition coefficient (Wildman–Crippen LogP) is 16.9. The molecule has 0 spiro atoms. The second kappa shape index (κ2) is 14.1. The highest BCUT2D eigenvalue weighted by Crippen LogP contribution is 2.47. The fraction of sp³-hybridized carbons (Fsp3) is 0. The lowest BCUT2D eigenvalue weighted by Gasteiger charge is -2.28. The zero-order chi connectivity index (χ0) is 41.4. The van der Waals surface area contributed by atoms with Gasteiger partial charge in [-0.2, -0.15) is 0 Å². The summed E-state index contributed by atoms with van der Waals surface area (Å²) in [5.74, 6) is 0. The highest BCUT2D eigenvalue weighted by molar-refractivity contribution is 6.26. The Bertz CT molecular complexity index is 3840. The van der Waals surface area contributed by atoms with Gasteiger partial charge in [-0.15, -0.1) is 0 Å². The third-order valence-electron chi connectivity index (χ3n) is 13.0. The van der Waals surface area contributed by atoms with E-state index >= 15 is 0 Å². The van der Waals surface area contributed by atoms with E-state index in [9.17, 15) is 0 Å². The van der Waals surface area contributed by atoms with Crippen LogP contribution in [0.5, 0.6) is 0 Å². The maximum Gasteiger partial charge on any atom is 0.143 e. The van der Waals surface area contributed by atoms with Gasteiger partial charge in [0.05, 0.1) is 22.4 Å². The van der Waals surface area contributed by atoms with Crippen LogP contribution in [0.4, 0.5) is 17.1 Å². The van der Waals surface area contributed by atoms with Gasteiger partial charge in [-0.05, 0) is 92.5 Å². The Morgan fingerprint density at radius 3 is 1.51 bits per heavy atom. The number of para-hydroxylation sites is 6. The number of anilines is 3. The molecule has 2 heterocycles.